The second-order valence-corrected chi connectivity index (χ2v) is 8.01. The van der Waals surface area contributed by atoms with Crippen molar-refractivity contribution in [2.24, 2.45) is 7.05 Å². The van der Waals surface area contributed by atoms with Crippen molar-refractivity contribution in [2.45, 2.75) is 25.9 Å². The van der Waals surface area contributed by atoms with Gasteiger partial charge in [0.05, 0.1) is 31.4 Å². The first kappa shape index (κ1) is 23.0. The highest BCUT2D eigenvalue weighted by atomic mass is 16.5. The predicted molar refractivity (Wildman–Crippen MR) is 128 cm³/mol. The molecule has 1 atom stereocenters. The van der Waals surface area contributed by atoms with E-state index >= 15 is 0 Å². The first-order valence-electron chi connectivity index (χ1n) is 10.9. The minimum Gasteiger partial charge on any atom is -0.497 e. The van der Waals surface area contributed by atoms with E-state index in [4.69, 9.17) is 9.47 Å². The maximum atomic E-state index is 13.0. The molecule has 0 fully saturated rings. The fourth-order valence-electron chi connectivity index (χ4n) is 3.90. The lowest BCUT2D eigenvalue weighted by molar-refractivity contribution is -0.121. The zero-order valence-corrected chi connectivity index (χ0v) is 19.6. The quantitative estimate of drug-likeness (QED) is 0.433. The van der Waals surface area contributed by atoms with Gasteiger partial charge in [0.15, 0.2) is 0 Å². The number of rotatable bonds is 8. The Balaban J connectivity index is 1.58. The number of nitrogens with zero attached hydrogens (tertiary/aromatic N) is 4. The van der Waals surface area contributed by atoms with Gasteiger partial charge in [0.2, 0.25) is 5.91 Å². The zero-order chi connectivity index (χ0) is 24.2. The number of aryl methyl sites for hydroxylation is 3. The third-order valence-corrected chi connectivity index (χ3v) is 5.76. The van der Waals surface area contributed by atoms with Gasteiger partial charge in [-0.3, -0.25) is 14.2 Å². The largest absolute Gasteiger partial charge is 0.497 e. The summed E-state index contributed by atoms with van der Waals surface area (Å²) < 4.78 is 14.1. The first-order valence-corrected chi connectivity index (χ1v) is 10.9. The summed E-state index contributed by atoms with van der Waals surface area (Å²) in [6.07, 6.45) is 5.08. The molecule has 0 bridgehead atoms. The molecule has 1 amide bonds. The number of benzene rings is 2. The SMILES string of the molecule is COc1cc(OC)cc(C(NC(=O)CCn2cnc3c(C)cccc3c2=O)c2nccn2C)c1. The van der Waals surface area contributed by atoms with Crippen molar-refractivity contribution in [2.75, 3.05) is 14.2 Å². The van der Waals surface area contributed by atoms with E-state index in [2.05, 4.69) is 15.3 Å². The molecule has 2 heterocycles. The molecule has 2 aromatic carbocycles. The molecule has 0 saturated heterocycles. The van der Waals surface area contributed by atoms with Gasteiger partial charge in [-0.05, 0) is 36.2 Å². The van der Waals surface area contributed by atoms with Gasteiger partial charge in [-0.15, -0.1) is 0 Å². The summed E-state index contributed by atoms with van der Waals surface area (Å²) in [5, 5.41) is 3.59. The van der Waals surface area contributed by atoms with Crippen LogP contribution in [0.2, 0.25) is 0 Å². The number of nitrogens with one attached hydrogen (secondary N) is 1. The van der Waals surface area contributed by atoms with Gasteiger partial charge >= 0.3 is 0 Å². The second kappa shape index (κ2) is 9.78. The van der Waals surface area contributed by atoms with Crippen LogP contribution in [0.5, 0.6) is 11.5 Å². The number of aromatic nitrogens is 4. The molecule has 1 unspecified atom stereocenters. The monoisotopic (exact) mass is 461 g/mol. The fraction of sp³-hybridized carbons (Fsp3) is 0.280. The standard InChI is InChI=1S/C25H27N5O4/c1-16-6-5-7-20-22(16)27-15-30(25(20)32)10-8-21(31)28-23(24-26-9-11-29(24)2)17-12-18(33-3)14-19(13-17)34-4/h5-7,9,11-15,23H,8,10H2,1-4H3,(H,28,31). The summed E-state index contributed by atoms with van der Waals surface area (Å²) in [7, 11) is 5.01. The van der Waals surface area contributed by atoms with Crippen LogP contribution < -0.4 is 20.3 Å². The van der Waals surface area contributed by atoms with E-state index in [1.807, 2.05) is 49.0 Å². The van der Waals surface area contributed by atoms with E-state index < -0.39 is 6.04 Å². The molecular formula is C25H27N5O4. The number of para-hydroxylation sites is 1. The summed E-state index contributed by atoms with van der Waals surface area (Å²) in [6, 6.07) is 10.4. The van der Waals surface area contributed by atoms with E-state index in [0.29, 0.717) is 28.2 Å². The molecule has 0 saturated carbocycles. The van der Waals surface area contributed by atoms with Crippen LogP contribution in [0.1, 0.15) is 29.4 Å². The number of carbonyl (C=O) groups excluding carboxylic acids is 1. The lowest BCUT2D eigenvalue weighted by Gasteiger charge is -2.20. The van der Waals surface area contributed by atoms with Crippen molar-refractivity contribution in [1.29, 1.82) is 0 Å². The molecule has 4 aromatic rings. The molecule has 0 aliphatic heterocycles. The van der Waals surface area contributed by atoms with Crippen LogP contribution in [-0.2, 0) is 18.4 Å². The Morgan fingerprint density at radius 3 is 2.50 bits per heavy atom. The van der Waals surface area contributed by atoms with Gasteiger partial charge in [0.25, 0.3) is 5.56 Å². The zero-order valence-electron chi connectivity index (χ0n) is 19.6. The van der Waals surface area contributed by atoms with Crippen molar-refractivity contribution in [3.8, 4) is 11.5 Å². The molecule has 0 radical (unpaired) electrons. The van der Waals surface area contributed by atoms with Gasteiger partial charge in [0.1, 0.15) is 23.4 Å². The Morgan fingerprint density at radius 1 is 1.12 bits per heavy atom. The Kier molecular flexibility index (Phi) is 6.62. The number of carbonyl (C=O) groups is 1. The number of ether oxygens (including phenoxy) is 2. The highest BCUT2D eigenvalue weighted by Gasteiger charge is 2.22. The van der Waals surface area contributed by atoms with E-state index in [-0.39, 0.29) is 24.4 Å². The predicted octanol–water partition coefficient (Wildman–Crippen LogP) is 2.75. The lowest BCUT2D eigenvalue weighted by Crippen LogP contribution is -2.32. The molecule has 0 aliphatic carbocycles. The molecule has 1 N–H and O–H groups in total. The second-order valence-electron chi connectivity index (χ2n) is 8.01. The summed E-state index contributed by atoms with van der Waals surface area (Å²) in [6.45, 7) is 2.12. The third kappa shape index (κ3) is 4.63. The van der Waals surface area contributed by atoms with Crippen LogP contribution >= 0.6 is 0 Å². The van der Waals surface area contributed by atoms with Crippen LogP contribution in [0.25, 0.3) is 10.9 Å². The summed E-state index contributed by atoms with van der Waals surface area (Å²) >= 11 is 0. The molecule has 9 nitrogen and oxygen atoms in total. The number of methoxy groups -OCH3 is 2. The van der Waals surface area contributed by atoms with E-state index in [1.165, 1.54) is 10.9 Å². The van der Waals surface area contributed by atoms with Crippen LogP contribution in [0.3, 0.4) is 0 Å². The molecule has 9 heteroatoms. The molecule has 0 aliphatic rings. The lowest BCUT2D eigenvalue weighted by atomic mass is 10.0. The van der Waals surface area contributed by atoms with Crippen molar-refractivity contribution in [3.05, 3.63) is 82.4 Å². The smallest absolute Gasteiger partial charge is 0.261 e. The van der Waals surface area contributed by atoms with Crippen LogP contribution in [0, 0.1) is 6.92 Å². The minimum absolute atomic E-state index is 0.0982. The first-order chi connectivity index (χ1) is 16.4. The maximum absolute atomic E-state index is 13.0. The van der Waals surface area contributed by atoms with Gasteiger partial charge < -0.3 is 19.4 Å². The Labute approximate surface area is 197 Å². The van der Waals surface area contributed by atoms with E-state index in [1.54, 1.807) is 32.5 Å². The van der Waals surface area contributed by atoms with Crippen LogP contribution in [0.15, 0.2) is 59.9 Å². The Hall–Kier alpha value is -4.14. The third-order valence-electron chi connectivity index (χ3n) is 5.76. The summed E-state index contributed by atoms with van der Waals surface area (Å²) in [5.41, 5.74) is 2.21. The average molecular weight is 462 g/mol. The average Bonchev–Trinajstić information content (AvgIpc) is 3.27. The number of amides is 1. The fourth-order valence-corrected chi connectivity index (χ4v) is 3.90. The molecule has 176 valence electrons. The van der Waals surface area contributed by atoms with Crippen molar-refractivity contribution in [1.82, 2.24) is 24.4 Å². The van der Waals surface area contributed by atoms with Crippen molar-refractivity contribution >= 4 is 16.8 Å². The number of hydrogen-bond donors (Lipinski definition) is 1. The minimum atomic E-state index is -0.536. The molecule has 0 spiro atoms. The van der Waals surface area contributed by atoms with Crippen molar-refractivity contribution in [3.63, 3.8) is 0 Å². The van der Waals surface area contributed by atoms with Crippen molar-refractivity contribution < 1.29 is 14.3 Å². The Morgan fingerprint density at radius 2 is 1.85 bits per heavy atom. The maximum Gasteiger partial charge on any atom is 0.261 e. The van der Waals surface area contributed by atoms with Gasteiger partial charge in [-0.2, -0.15) is 0 Å². The molecule has 4 rings (SSSR count). The van der Waals surface area contributed by atoms with Crippen LogP contribution in [-0.4, -0.2) is 39.2 Å². The Bertz CT molecular complexity index is 1370. The van der Waals surface area contributed by atoms with E-state index in [9.17, 15) is 9.59 Å². The van der Waals surface area contributed by atoms with E-state index in [0.717, 1.165) is 11.1 Å². The topological polar surface area (TPSA) is 100 Å². The van der Waals surface area contributed by atoms with Gasteiger partial charge in [0, 0.05) is 38.5 Å². The molecular weight excluding hydrogens is 434 g/mol. The highest BCUT2D eigenvalue weighted by Crippen LogP contribution is 2.29. The number of imidazole rings is 1. The van der Waals surface area contributed by atoms with Gasteiger partial charge in [-0.25, -0.2) is 9.97 Å². The summed E-state index contributed by atoms with van der Waals surface area (Å²) in [5.74, 6) is 1.63. The van der Waals surface area contributed by atoms with Gasteiger partial charge in [-0.1, -0.05) is 12.1 Å². The number of fused-ring (bicyclic) bond motifs is 1. The summed E-state index contributed by atoms with van der Waals surface area (Å²) in [4.78, 5) is 34.7. The van der Waals surface area contributed by atoms with Crippen LogP contribution in [0.4, 0.5) is 0 Å². The molecule has 34 heavy (non-hydrogen) atoms. The highest BCUT2D eigenvalue weighted by molar-refractivity contribution is 5.80. The number of hydrogen-bond acceptors (Lipinski definition) is 6. The normalized spacial score (nSPS) is 11.9. The molecule has 2 aromatic heterocycles.